The number of ether oxygens (including phenoxy) is 1. The van der Waals surface area contributed by atoms with E-state index < -0.39 is 18.0 Å². The van der Waals surface area contributed by atoms with Crippen LogP contribution in [0.4, 0.5) is 19.0 Å². The minimum atomic E-state index is -4.53. The lowest BCUT2D eigenvalue weighted by molar-refractivity contribution is -0.136. The molecule has 1 saturated carbocycles. The van der Waals surface area contributed by atoms with Crippen LogP contribution in [0.2, 0.25) is 0 Å². The summed E-state index contributed by atoms with van der Waals surface area (Å²) in [4.78, 5) is 10.3. The predicted octanol–water partition coefficient (Wildman–Crippen LogP) is 3.97. The second-order valence-electron chi connectivity index (χ2n) is 8.07. The van der Waals surface area contributed by atoms with Crippen LogP contribution in [-0.2, 0) is 10.9 Å². The first-order chi connectivity index (χ1) is 13.3. The minimum absolute atomic E-state index is 0.000953. The average Bonchev–Trinajstić information content (AvgIpc) is 3.17. The summed E-state index contributed by atoms with van der Waals surface area (Å²) in [5.74, 6) is -0.165. The first-order valence-electron chi connectivity index (χ1n) is 9.85. The van der Waals surface area contributed by atoms with Gasteiger partial charge < -0.3 is 15.0 Å². The molecule has 154 valence electrons. The molecule has 4 rings (SSSR count). The van der Waals surface area contributed by atoms with E-state index in [0.29, 0.717) is 18.5 Å². The zero-order chi connectivity index (χ0) is 20.1. The maximum Gasteiger partial charge on any atom is 0.418 e. The van der Waals surface area contributed by atoms with E-state index in [0.717, 1.165) is 19.2 Å². The Labute approximate surface area is 161 Å². The number of anilines is 1. The van der Waals surface area contributed by atoms with Gasteiger partial charge in [0, 0.05) is 24.8 Å². The minimum Gasteiger partial charge on any atom is -0.383 e. The molecular formula is C19H26F3N5O. The van der Waals surface area contributed by atoms with Gasteiger partial charge in [-0.2, -0.15) is 13.2 Å². The average molecular weight is 397 g/mol. The Morgan fingerprint density at radius 1 is 1.25 bits per heavy atom. The van der Waals surface area contributed by atoms with Gasteiger partial charge in [-0.25, -0.2) is 9.97 Å². The third kappa shape index (κ3) is 3.45. The summed E-state index contributed by atoms with van der Waals surface area (Å²) >= 11 is 0. The van der Waals surface area contributed by atoms with Gasteiger partial charge in [0.1, 0.15) is 24.0 Å². The highest BCUT2D eigenvalue weighted by Gasteiger charge is 2.39. The van der Waals surface area contributed by atoms with Crippen molar-refractivity contribution in [1.29, 1.82) is 0 Å². The molecule has 2 fully saturated rings. The van der Waals surface area contributed by atoms with Crippen LogP contribution in [0.15, 0.2) is 12.5 Å². The fraction of sp³-hybridized carbons (Fsp3) is 0.684. The van der Waals surface area contributed by atoms with Crippen LogP contribution in [-0.4, -0.2) is 44.2 Å². The van der Waals surface area contributed by atoms with E-state index >= 15 is 0 Å². The number of aromatic nitrogens is 3. The van der Waals surface area contributed by atoms with Crippen LogP contribution in [0.25, 0.3) is 11.0 Å². The van der Waals surface area contributed by atoms with Crippen molar-refractivity contribution >= 4 is 16.9 Å². The standard InChI is InChI=1S/C19H26F3N5O/c1-11(2)26(12-4-3-5-12)8-13-6-7-15(28-13)27-9-14(19(20,21)22)16-17(23)24-10-25-18(16)27/h9-13,15H,3-8H2,1-2H3,(H2,23,24,25). The summed E-state index contributed by atoms with van der Waals surface area (Å²) < 4.78 is 48.1. The maximum atomic E-state index is 13.5. The number of nitrogens with two attached hydrogens (primary N) is 1. The Kier molecular flexibility index (Phi) is 4.99. The molecule has 0 amide bonds. The maximum absolute atomic E-state index is 13.5. The zero-order valence-corrected chi connectivity index (χ0v) is 16.1. The Morgan fingerprint density at radius 2 is 2.00 bits per heavy atom. The summed E-state index contributed by atoms with van der Waals surface area (Å²) in [6.07, 6.45) is 2.38. The summed E-state index contributed by atoms with van der Waals surface area (Å²) in [6.45, 7) is 5.17. The first kappa shape index (κ1) is 19.4. The third-order valence-corrected chi connectivity index (χ3v) is 5.96. The quantitative estimate of drug-likeness (QED) is 0.827. The summed E-state index contributed by atoms with van der Waals surface area (Å²) in [7, 11) is 0. The number of alkyl halides is 3. The lowest BCUT2D eigenvalue weighted by Gasteiger charge is -2.41. The second-order valence-corrected chi connectivity index (χ2v) is 8.07. The van der Waals surface area contributed by atoms with Gasteiger partial charge in [-0.15, -0.1) is 0 Å². The van der Waals surface area contributed by atoms with Crippen molar-refractivity contribution in [3.8, 4) is 0 Å². The third-order valence-electron chi connectivity index (χ3n) is 5.96. The van der Waals surface area contributed by atoms with Crippen molar-refractivity contribution in [1.82, 2.24) is 19.4 Å². The van der Waals surface area contributed by atoms with E-state index in [-0.39, 0.29) is 23.0 Å². The van der Waals surface area contributed by atoms with Crippen LogP contribution in [0, 0.1) is 0 Å². The predicted molar refractivity (Wildman–Crippen MR) is 99.6 cm³/mol. The molecule has 9 heteroatoms. The van der Waals surface area contributed by atoms with Crippen LogP contribution in [0.3, 0.4) is 0 Å². The molecule has 2 unspecified atom stereocenters. The largest absolute Gasteiger partial charge is 0.418 e. The second kappa shape index (κ2) is 7.18. The van der Waals surface area contributed by atoms with Crippen LogP contribution < -0.4 is 5.73 Å². The van der Waals surface area contributed by atoms with Crippen LogP contribution >= 0.6 is 0 Å². The lowest BCUT2D eigenvalue weighted by atomic mass is 9.90. The zero-order valence-electron chi connectivity index (χ0n) is 16.1. The molecule has 3 heterocycles. The molecule has 0 radical (unpaired) electrons. The monoisotopic (exact) mass is 397 g/mol. The highest BCUT2D eigenvalue weighted by atomic mass is 19.4. The van der Waals surface area contributed by atoms with Gasteiger partial charge in [0.15, 0.2) is 0 Å². The number of halogens is 3. The number of nitrogen functional groups attached to an aromatic ring is 1. The molecule has 2 N–H and O–H groups in total. The highest BCUT2D eigenvalue weighted by molar-refractivity contribution is 5.90. The fourth-order valence-electron chi connectivity index (χ4n) is 4.30. The smallest absolute Gasteiger partial charge is 0.383 e. The fourth-order valence-corrected chi connectivity index (χ4v) is 4.30. The van der Waals surface area contributed by atoms with Gasteiger partial charge in [-0.05, 0) is 39.5 Å². The van der Waals surface area contributed by atoms with Crippen molar-refractivity contribution < 1.29 is 17.9 Å². The van der Waals surface area contributed by atoms with E-state index in [4.69, 9.17) is 10.5 Å². The van der Waals surface area contributed by atoms with Crippen LogP contribution in [0.1, 0.15) is 57.7 Å². The van der Waals surface area contributed by atoms with Gasteiger partial charge in [0.05, 0.1) is 17.1 Å². The van der Waals surface area contributed by atoms with Crippen molar-refractivity contribution in [2.24, 2.45) is 0 Å². The molecule has 0 spiro atoms. The molecule has 2 aliphatic rings. The van der Waals surface area contributed by atoms with E-state index in [1.807, 2.05) is 0 Å². The van der Waals surface area contributed by atoms with Crippen molar-refractivity contribution in [2.45, 2.75) is 76.5 Å². The topological polar surface area (TPSA) is 69.2 Å². The Hall–Kier alpha value is -1.87. The number of hydrogen-bond donors (Lipinski definition) is 1. The Bertz CT molecular complexity index is 846. The molecule has 28 heavy (non-hydrogen) atoms. The molecule has 1 saturated heterocycles. The van der Waals surface area contributed by atoms with Gasteiger partial charge in [0.2, 0.25) is 0 Å². The normalized spacial score (nSPS) is 23.8. The molecular weight excluding hydrogens is 371 g/mol. The van der Waals surface area contributed by atoms with Crippen molar-refractivity contribution in [2.75, 3.05) is 12.3 Å². The number of rotatable bonds is 5. The van der Waals surface area contributed by atoms with E-state index in [9.17, 15) is 13.2 Å². The van der Waals surface area contributed by atoms with Gasteiger partial charge >= 0.3 is 6.18 Å². The molecule has 2 atom stereocenters. The molecule has 2 aromatic rings. The van der Waals surface area contributed by atoms with Crippen molar-refractivity contribution in [3.63, 3.8) is 0 Å². The molecule has 1 aliphatic carbocycles. The molecule has 0 bridgehead atoms. The SMILES string of the molecule is CC(C)N(CC1CCC(n2cc(C(F)(F)F)c3c(N)ncnc32)O1)C1CCC1. The summed E-state index contributed by atoms with van der Waals surface area (Å²) in [5, 5.41) is -0.152. The summed E-state index contributed by atoms with van der Waals surface area (Å²) in [6, 6.07) is 1.02. The highest BCUT2D eigenvalue weighted by Crippen LogP contribution is 2.41. The van der Waals surface area contributed by atoms with Gasteiger partial charge in [0.25, 0.3) is 0 Å². The van der Waals surface area contributed by atoms with Crippen LogP contribution in [0.5, 0.6) is 0 Å². The first-order valence-corrected chi connectivity index (χ1v) is 9.85. The number of nitrogens with zero attached hydrogens (tertiary/aromatic N) is 4. The van der Waals surface area contributed by atoms with E-state index in [2.05, 4.69) is 28.7 Å². The molecule has 1 aliphatic heterocycles. The lowest BCUT2D eigenvalue weighted by Crippen LogP contribution is -2.47. The van der Waals surface area contributed by atoms with E-state index in [1.54, 1.807) is 0 Å². The van der Waals surface area contributed by atoms with Crippen molar-refractivity contribution in [3.05, 3.63) is 18.1 Å². The Balaban J connectivity index is 1.57. The van der Waals surface area contributed by atoms with E-state index in [1.165, 1.54) is 30.2 Å². The summed E-state index contributed by atoms with van der Waals surface area (Å²) in [5.41, 5.74) is 5.09. The Morgan fingerprint density at radius 3 is 2.61 bits per heavy atom. The molecule has 2 aromatic heterocycles. The molecule has 6 nitrogen and oxygen atoms in total. The molecule has 0 aromatic carbocycles. The number of fused-ring (bicyclic) bond motifs is 1. The number of hydrogen-bond acceptors (Lipinski definition) is 5. The van der Waals surface area contributed by atoms with Gasteiger partial charge in [-0.1, -0.05) is 6.42 Å². The van der Waals surface area contributed by atoms with Gasteiger partial charge in [-0.3, -0.25) is 4.90 Å².